The van der Waals surface area contributed by atoms with Gasteiger partial charge in [-0.2, -0.15) is 5.10 Å². The van der Waals surface area contributed by atoms with Gasteiger partial charge in [0.1, 0.15) is 0 Å². The first-order chi connectivity index (χ1) is 11.5. The number of hydrogen-bond acceptors (Lipinski definition) is 4. The Kier molecular flexibility index (Phi) is 4.80. The number of anilines is 1. The second kappa shape index (κ2) is 7.00. The van der Waals surface area contributed by atoms with Crippen LogP contribution in [0.15, 0.2) is 24.4 Å². The highest BCUT2D eigenvalue weighted by Gasteiger charge is 2.25. The van der Waals surface area contributed by atoms with Crippen LogP contribution in [0.25, 0.3) is 5.82 Å². The summed E-state index contributed by atoms with van der Waals surface area (Å²) in [6, 6.07) is 5.31. The minimum absolute atomic E-state index is 0.155. The van der Waals surface area contributed by atoms with Gasteiger partial charge in [-0.3, -0.25) is 0 Å². The summed E-state index contributed by atoms with van der Waals surface area (Å²) in [4.78, 5) is 16.3. The molecule has 24 heavy (non-hydrogen) atoms. The molecule has 128 valence electrons. The molecule has 0 saturated heterocycles. The molecule has 0 aromatic carbocycles. The highest BCUT2D eigenvalue weighted by molar-refractivity contribution is 5.89. The van der Waals surface area contributed by atoms with Crippen molar-refractivity contribution in [3.63, 3.8) is 0 Å². The molecule has 1 aliphatic rings. The molecule has 3 N–H and O–H groups in total. The van der Waals surface area contributed by atoms with E-state index < -0.39 is 0 Å². The maximum atomic E-state index is 11.9. The van der Waals surface area contributed by atoms with Crippen LogP contribution in [0.2, 0.25) is 0 Å². The zero-order valence-electron chi connectivity index (χ0n) is 14.0. The first-order valence-corrected chi connectivity index (χ1v) is 8.25. The highest BCUT2D eigenvalue weighted by Crippen LogP contribution is 2.24. The van der Waals surface area contributed by atoms with Crippen molar-refractivity contribution >= 4 is 11.7 Å². The van der Waals surface area contributed by atoms with Gasteiger partial charge in [-0.1, -0.05) is 6.42 Å². The molecule has 3 rings (SSSR count). The largest absolute Gasteiger partial charge is 0.393 e. The molecule has 2 aromatic rings. The molecular formula is C17H23N5O2. The molecule has 1 aliphatic carbocycles. The smallest absolute Gasteiger partial charge is 0.319 e. The Labute approximate surface area is 141 Å². The fraction of sp³-hybridized carbons (Fsp3) is 0.471. The summed E-state index contributed by atoms with van der Waals surface area (Å²) in [5.74, 6) is 0.864. The number of amides is 2. The standard InChI is InChI=1S/C17H23N5O2/c1-11-8-12(2)22(21-11)16-7-6-14(10-18-16)20-17(24)19-9-13-4-3-5-15(13)23/h6-8,10,13,15,23H,3-5,9H2,1-2H3,(H2,19,20,24). The van der Waals surface area contributed by atoms with Crippen LogP contribution in [-0.2, 0) is 0 Å². The van der Waals surface area contributed by atoms with Crippen LogP contribution in [-0.4, -0.2) is 38.6 Å². The van der Waals surface area contributed by atoms with Crippen LogP contribution in [0.3, 0.4) is 0 Å². The average molecular weight is 329 g/mol. The Morgan fingerprint density at radius 3 is 2.79 bits per heavy atom. The van der Waals surface area contributed by atoms with E-state index >= 15 is 0 Å². The van der Waals surface area contributed by atoms with Crippen LogP contribution >= 0.6 is 0 Å². The van der Waals surface area contributed by atoms with Gasteiger partial charge in [0.25, 0.3) is 0 Å². The number of aryl methyl sites for hydroxylation is 2. The lowest BCUT2D eigenvalue weighted by Crippen LogP contribution is -2.35. The molecule has 2 heterocycles. The van der Waals surface area contributed by atoms with Gasteiger partial charge in [0.15, 0.2) is 5.82 Å². The van der Waals surface area contributed by atoms with Crippen molar-refractivity contribution in [3.05, 3.63) is 35.8 Å². The number of pyridine rings is 1. The van der Waals surface area contributed by atoms with E-state index in [9.17, 15) is 9.90 Å². The third kappa shape index (κ3) is 3.73. The topological polar surface area (TPSA) is 92.1 Å². The summed E-state index contributed by atoms with van der Waals surface area (Å²) in [6.07, 6.45) is 4.11. The lowest BCUT2D eigenvalue weighted by molar-refractivity contribution is 0.133. The monoisotopic (exact) mass is 329 g/mol. The first-order valence-electron chi connectivity index (χ1n) is 8.25. The Morgan fingerprint density at radius 2 is 2.21 bits per heavy atom. The molecule has 0 bridgehead atoms. The van der Waals surface area contributed by atoms with E-state index in [1.54, 1.807) is 16.9 Å². The van der Waals surface area contributed by atoms with E-state index in [0.717, 1.165) is 30.7 Å². The van der Waals surface area contributed by atoms with Crippen molar-refractivity contribution in [1.82, 2.24) is 20.1 Å². The molecular weight excluding hydrogens is 306 g/mol. The summed E-state index contributed by atoms with van der Waals surface area (Å²) >= 11 is 0. The van der Waals surface area contributed by atoms with Gasteiger partial charge in [0.2, 0.25) is 0 Å². The van der Waals surface area contributed by atoms with Crippen molar-refractivity contribution in [2.45, 2.75) is 39.2 Å². The molecule has 7 nitrogen and oxygen atoms in total. The maximum absolute atomic E-state index is 11.9. The van der Waals surface area contributed by atoms with E-state index in [1.807, 2.05) is 26.0 Å². The van der Waals surface area contributed by atoms with E-state index in [0.29, 0.717) is 18.1 Å². The minimum Gasteiger partial charge on any atom is -0.393 e. The van der Waals surface area contributed by atoms with Gasteiger partial charge in [-0.05, 0) is 44.9 Å². The van der Waals surface area contributed by atoms with Gasteiger partial charge >= 0.3 is 6.03 Å². The predicted octanol–water partition coefficient (Wildman–Crippen LogP) is 2.17. The van der Waals surface area contributed by atoms with Crippen LogP contribution in [0.1, 0.15) is 30.7 Å². The predicted molar refractivity (Wildman–Crippen MR) is 91.2 cm³/mol. The lowest BCUT2D eigenvalue weighted by Gasteiger charge is -2.15. The van der Waals surface area contributed by atoms with Gasteiger partial charge < -0.3 is 15.7 Å². The lowest BCUT2D eigenvalue weighted by atomic mass is 10.1. The molecule has 2 aromatic heterocycles. The maximum Gasteiger partial charge on any atom is 0.319 e. The minimum atomic E-state index is -0.299. The number of aromatic nitrogens is 3. The zero-order chi connectivity index (χ0) is 17.1. The summed E-state index contributed by atoms with van der Waals surface area (Å²) in [6.45, 7) is 4.40. The first kappa shape index (κ1) is 16.4. The summed E-state index contributed by atoms with van der Waals surface area (Å²) in [7, 11) is 0. The third-order valence-corrected chi connectivity index (χ3v) is 4.38. The van der Waals surface area contributed by atoms with Gasteiger partial charge in [-0.25, -0.2) is 14.5 Å². The molecule has 0 spiro atoms. The second-order valence-corrected chi connectivity index (χ2v) is 6.34. The molecule has 2 atom stereocenters. The number of nitrogens with one attached hydrogen (secondary N) is 2. The van der Waals surface area contributed by atoms with Crippen molar-refractivity contribution in [2.24, 2.45) is 5.92 Å². The summed E-state index contributed by atoms with van der Waals surface area (Å²) in [5.41, 5.74) is 2.56. The number of carbonyl (C=O) groups excluding carboxylic acids is 1. The number of nitrogens with zero attached hydrogens (tertiary/aromatic N) is 3. The molecule has 0 radical (unpaired) electrons. The molecule has 1 saturated carbocycles. The Bertz CT molecular complexity index is 710. The average Bonchev–Trinajstić information content (AvgIpc) is 3.11. The van der Waals surface area contributed by atoms with Gasteiger partial charge in [-0.15, -0.1) is 0 Å². The Morgan fingerprint density at radius 1 is 1.38 bits per heavy atom. The van der Waals surface area contributed by atoms with Crippen LogP contribution < -0.4 is 10.6 Å². The molecule has 1 fully saturated rings. The number of carbonyl (C=O) groups is 1. The van der Waals surface area contributed by atoms with Crippen LogP contribution in [0, 0.1) is 19.8 Å². The SMILES string of the molecule is Cc1cc(C)n(-c2ccc(NC(=O)NCC3CCCC3O)cn2)n1. The van der Waals surface area contributed by atoms with Crippen molar-refractivity contribution in [1.29, 1.82) is 0 Å². The quantitative estimate of drug-likeness (QED) is 0.801. The molecule has 2 unspecified atom stereocenters. The van der Waals surface area contributed by atoms with Crippen LogP contribution in [0.5, 0.6) is 0 Å². The molecule has 7 heteroatoms. The number of rotatable bonds is 4. The van der Waals surface area contributed by atoms with E-state index in [1.165, 1.54) is 0 Å². The van der Waals surface area contributed by atoms with Crippen LogP contribution in [0.4, 0.5) is 10.5 Å². The number of urea groups is 1. The molecule has 2 amide bonds. The Balaban J connectivity index is 1.56. The van der Waals surface area contributed by atoms with Crippen molar-refractivity contribution < 1.29 is 9.90 Å². The summed E-state index contributed by atoms with van der Waals surface area (Å²) in [5, 5.41) is 19.7. The van der Waals surface area contributed by atoms with Crippen molar-refractivity contribution in [3.8, 4) is 5.82 Å². The number of aliphatic hydroxyl groups excluding tert-OH is 1. The van der Waals surface area contributed by atoms with E-state index in [4.69, 9.17) is 0 Å². The van der Waals surface area contributed by atoms with Gasteiger partial charge in [0, 0.05) is 18.2 Å². The number of aliphatic hydroxyl groups is 1. The fourth-order valence-electron chi connectivity index (χ4n) is 3.10. The van der Waals surface area contributed by atoms with Gasteiger partial charge in [0.05, 0.1) is 23.7 Å². The van der Waals surface area contributed by atoms with E-state index in [-0.39, 0.29) is 18.1 Å². The summed E-state index contributed by atoms with van der Waals surface area (Å²) < 4.78 is 1.76. The van der Waals surface area contributed by atoms with E-state index in [2.05, 4.69) is 20.7 Å². The normalized spacial score (nSPS) is 20.1. The highest BCUT2D eigenvalue weighted by atomic mass is 16.3. The fourth-order valence-corrected chi connectivity index (χ4v) is 3.10. The second-order valence-electron chi connectivity index (χ2n) is 6.34. The Hall–Kier alpha value is -2.41. The number of hydrogen-bond donors (Lipinski definition) is 3. The zero-order valence-corrected chi connectivity index (χ0v) is 14.0. The third-order valence-electron chi connectivity index (χ3n) is 4.38. The molecule has 0 aliphatic heterocycles. The van der Waals surface area contributed by atoms with Crippen molar-refractivity contribution in [2.75, 3.05) is 11.9 Å².